The topological polar surface area (TPSA) is 82.7 Å². The number of hydrogen-bond donors (Lipinski definition) is 3. The molecule has 29 heavy (non-hydrogen) atoms. The zero-order valence-electron chi connectivity index (χ0n) is 17.7. The molecule has 1 saturated heterocycles. The van der Waals surface area contributed by atoms with Gasteiger partial charge in [0.25, 0.3) is 5.91 Å². The van der Waals surface area contributed by atoms with E-state index in [4.69, 9.17) is 4.74 Å². The van der Waals surface area contributed by atoms with Crippen LogP contribution in [0, 0.1) is 5.92 Å². The lowest BCUT2D eigenvalue weighted by Crippen LogP contribution is -2.50. The van der Waals surface area contributed by atoms with E-state index in [1.54, 1.807) is 24.3 Å². The van der Waals surface area contributed by atoms with Gasteiger partial charge in [-0.25, -0.2) is 0 Å². The summed E-state index contributed by atoms with van der Waals surface area (Å²) in [6.07, 6.45) is 0.906. The molecule has 1 fully saturated rings. The van der Waals surface area contributed by atoms with Crippen molar-refractivity contribution in [3.63, 3.8) is 0 Å². The van der Waals surface area contributed by atoms with Gasteiger partial charge in [-0.1, -0.05) is 13.8 Å². The number of piperazine rings is 1. The Balaban J connectivity index is 0.00000420. The molecule has 0 spiro atoms. The van der Waals surface area contributed by atoms with Gasteiger partial charge in [0.1, 0.15) is 11.8 Å². The van der Waals surface area contributed by atoms with Crippen LogP contribution in [0.2, 0.25) is 0 Å². The molecule has 0 radical (unpaired) electrons. The molecule has 0 aliphatic carbocycles. The average molecular weight is 427 g/mol. The van der Waals surface area contributed by atoms with E-state index in [9.17, 15) is 9.59 Å². The normalized spacial score (nSPS) is 15.3. The molecule has 3 N–H and O–H groups in total. The molecule has 1 aromatic carbocycles. The van der Waals surface area contributed by atoms with Crippen LogP contribution in [0.5, 0.6) is 5.75 Å². The number of amides is 2. The van der Waals surface area contributed by atoms with Crippen molar-refractivity contribution < 1.29 is 14.3 Å². The van der Waals surface area contributed by atoms with Crippen LogP contribution in [0.25, 0.3) is 0 Å². The van der Waals surface area contributed by atoms with Crippen molar-refractivity contribution in [2.75, 3.05) is 45.9 Å². The van der Waals surface area contributed by atoms with Crippen LogP contribution in [0.1, 0.15) is 37.6 Å². The Morgan fingerprint density at radius 3 is 2.41 bits per heavy atom. The van der Waals surface area contributed by atoms with Crippen LogP contribution in [-0.2, 0) is 4.79 Å². The average Bonchev–Trinajstić information content (AvgIpc) is 2.70. The minimum Gasteiger partial charge on any atom is -0.494 e. The largest absolute Gasteiger partial charge is 0.494 e. The standard InChI is InChI=1S/C21H34N4O3.ClH/c1-4-28-18-8-6-17(7-9-18)20(26)24-19(16(2)3)21(27)23-10-5-13-25-14-11-22-12-15-25;/h6-9,16,19,22H,4-5,10-15H2,1-3H3,(H,23,27)(H,24,26);1H. The maximum Gasteiger partial charge on any atom is 0.251 e. The van der Waals surface area contributed by atoms with E-state index in [0.29, 0.717) is 18.7 Å². The fourth-order valence-corrected chi connectivity index (χ4v) is 3.19. The zero-order chi connectivity index (χ0) is 20.4. The minimum atomic E-state index is -0.557. The third kappa shape index (κ3) is 8.60. The highest BCUT2D eigenvalue weighted by Gasteiger charge is 2.24. The van der Waals surface area contributed by atoms with Crippen LogP contribution in [0.4, 0.5) is 0 Å². The lowest BCUT2D eigenvalue weighted by molar-refractivity contribution is -0.123. The van der Waals surface area contributed by atoms with Gasteiger partial charge in [-0.3, -0.25) is 9.59 Å². The van der Waals surface area contributed by atoms with Crippen molar-refractivity contribution in [2.24, 2.45) is 5.92 Å². The second-order valence-electron chi connectivity index (χ2n) is 7.39. The summed E-state index contributed by atoms with van der Waals surface area (Å²) in [5.74, 6) is 0.341. The number of hydrogen-bond acceptors (Lipinski definition) is 5. The van der Waals surface area contributed by atoms with Gasteiger partial charge in [0.2, 0.25) is 5.91 Å². The molecule has 2 amide bonds. The van der Waals surface area contributed by atoms with Crippen LogP contribution < -0.4 is 20.7 Å². The highest BCUT2D eigenvalue weighted by atomic mass is 35.5. The third-order valence-electron chi connectivity index (χ3n) is 4.82. The summed E-state index contributed by atoms with van der Waals surface area (Å²) in [4.78, 5) is 27.5. The number of carbonyl (C=O) groups excluding carboxylic acids is 2. The predicted molar refractivity (Wildman–Crippen MR) is 118 cm³/mol. The molecule has 1 aromatic rings. The van der Waals surface area contributed by atoms with E-state index < -0.39 is 6.04 Å². The fraction of sp³-hybridized carbons (Fsp3) is 0.619. The van der Waals surface area contributed by atoms with E-state index in [0.717, 1.165) is 44.9 Å². The van der Waals surface area contributed by atoms with Gasteiger partial charge in [0.15, 0.2) is 0 Å². The summed E-state index contributed by atoms with van der Waals surface area (Å²) in [7, 11) is 0. The molecule has 0 bridgehead atoms. The van der Waals surface area contributed by atoms with Gasteiger partial charge in [0.05, 0.1) is 6.61 Å². The highest BCUT2D eigenvalue weighted by molar-refractivity contribution is 5.97. The summed E-state index contributed by atoms with van der Waals surface area (Å²) in [6, 6.07) is 6.39. The van der Waals surface area contributed by atoms with Crippen molar-refractivity contribution in [2.45, 2.75) is 33.2 Å². The Labute approximate surface area is 180 Å². The third-order valence-corrected chi connectivity index (χ3v) is 4.82. The lowest BCUT2D eigenvalue weighted by atomic mass is 10.0. The van der Waals surface area contributed by atoms with Gasteiger partial charge < -0.3 is 25.6 Å². The van der Waals surface area contributed by atoms with Crippen LogP contribution >= 0.6 is 12.4 Å². The van der Waals surface area contributed by atoms with E-state index in [1.807, 2.05) is 20.8 Å². The van der Waals surface area contributed by atoms with Crippen molar-refractivity contribution >= 4 is 24.2 Å². The molecule has 1 atom stereocenters. The van der Waals surface area contributed by atoms with Crippen LogP contribution in [0.15, 0.2) is 24.3 Å². The van der Waals surface area contributed by atoms with Gasteiger partial charge in [0, 0.05) is 38.3 Å². The van der Waals surface area contributed by atoms with Crippen LogP contribution in [0.3, 0.4) is 0 Å². The van der Waals surface area contributed by atoms with E-state index >= 15 is 0 Å². The SMILES string of the molecule is CCOc1ccc(C(=O)NC(C(=O)NCCCN2CCNCC2)C(C)C)cc1.Cl. The molecule has 8 heteroatoms. The smallest absolute Gasteiger partial charge is 0.251 e. The Morgan fingerprint density at radius 2 is 1.83 bits per heavy atom. The van der Waals surface area contributed by atoms with Crippen LogP contribution in [-0.4, -0.2) is 68.6 Å². The Morgan fingerprint density at radius 1 is 1.17 bits per heavy atom. The number of benzene rings is 1. The maximum atomic E-state index is 12.6. The summed E-state index contributed by atoms with van der Waals surface area (Å²) < 4.78 is 5.39. The lowest BCUT2D eigenvalue weighted by Gasteiger charge is -2.27. The first-order chi connectivity index (χ1) is 13.5. The molecule has 1 aliphatic rings. The van der Waals surface area contributed by atoms with Crippen molar-refractivity contribution in [1.82, 2.24) is 20.9 Å². The first kappa shape index (κ1) is 25.2. The predicted octanol–water partition coefficient (Wildman–Crippen LogP) is 1.67. The molecule has 1 aliphatic heterocycles. The number of rotatable bonds is 10. The zero-order valence-corrected chi connectivity index (χ0v) is 18.5. The van der Waals surface area contributed by atoms with Crippen molar-refractivity contribution in [3.8, 4) is 5.75 Å². The highest BCUT2D eigenvalue weighted by Crippen LogP contribution is 2.13. The Hall–Kier alpha value is -1.83. The Kier molecular flexibility index (Phi) is 11.7. The van der Waals surface area contributed by atoms with Gasteiger partial charge in [-0.2, -0.15) is 0 Å². The molecular weight excluding hydrogens is 392 g/mol. The van der Waals surface area contributed by atoms with Crippen molar-refractivity contribution in [3.05, 3.63) is 29.8 Å². The van der Waals surface area contributed by atoms with E-state index in [-0.39, 0.29) is 30.1 Å². The molecule has 0 saturated carbocycles. The number of nitrogens with one attached hydrogen (secondary N) is 3. The molecular formula is C21H35ClN4O3. The van der Waals surface area contributed by atoms with Gasteiger partial charge in [-0.05, 0) is 50.1 Å². The molecule has 1 unspecified atom stereocenters. The molecule has 7 nitrogen and oxygen atoms in total. The van der Waals surface area contributed by atoms with Crippen molar-refractivity contribution in [1.29, 1.82) is 0 Å². The van der Waals surface area contributed by atoms with E-state index in [2.05, 4.69) is 20.9 Å². The molecule has 164 valence electrons. The number of carbonyl (C=O) groups is 2. The summed E-state index contributed by atoms with van der Waals surface area (Å²) in [5.41, 5.74) is 0.514. The van der Waals surface area contributed by atoms with Gasteiger partial charge in [-0.15, -0.1) is 12.4 Å². The number of nitrogens with zero attached hydrogens (tertiary/aromatic N) is 1. The molecule has 1 heterocycles. The quantitative estimate of drug-likeness (QED) is 0.496. The summed E-state index contributed by atoms with van der Waals surface area (Å²) >= 11 is 0. The first-order valence-electron chi connectivity index (χ1n) is 10.3. The summed E-state index contributed by atoms with van der Waals surface area (Å²) in [6.45, 7) is 12.1. The monoisotopic (exact) mass is 426 g/mol. The fourth-order valence-electron chi connectivity index (χ4n) is 3.19. The Bertz CT molecular complexity index is 619. The minimum absolute atomic E-state index is 0. The number of ether oxygens (including phenoxy) is 1. The summed E-state index contributed by atoms with van der Waals surface area (Å²) in [5, 5.41) is 9.17. The van der Waals surface area contributed by atoms with Gasteiger partial charge >= 0.3 is 0 Å². The molecule has 0 aromatic heterocycles. The van der Waals surface area contributed by atoms with E-state index in [1.165, 1.54) is 0 Å². The second-order valence-corrected chi connectivity index (χ2v) is 7.39. The maximum absolute atomic E-state index is 12.6. The second kappa shape index (κ2) is 13.4. The number of halogens is 1. The first-order valence-corrected chi connectivity index (χ1v) is 10.3. The molecule has 2 rings (SSSR count).